The van der Waals surface area contributed by atoms with Gasteiger partial charge in [0, 0.05) is 18.3 Å². The highest BCUT2D eigenvalue weighted by atomic mass is 19.1. The molecule has 1 saturated heterocycles. The first kappa shape index (κ1) is 15.9. The van der Waals surface area contributed by atoms with Crippen molar-refractivity contribution in [3.8, 4) is 0 Å². The van der Waals surface area contributed by atoms with Crippen LogP contribution in [-0.4, -0.2) is 43.0 Å². The quantitative estimate of drug-likeness (QED) is 0.844. The van der Waals surface area contributed by atoms with Crippen LogP contribution in [0.4, 0.5) is 10.1 Å². The maximum atomic E-state index is 13.0. The molecule has 0 saturated carbocycles. The van der Waals surface area contributed by atoms with Crippen LogP contribution in [0.2, 0.25) is 0 Å². The van der Waals surface area contributed by atoms with E-state index in [2.05, 4.69) is 29.4 Å². The van der Waals surface area contributed by atoms with Crippen LogP contribution >= 0.6 is 0 Å². The molecule has 0 aliphatic carbocycles. The molecule has 0 radical (unpaired) electrons. The third kappa shape index (κ3) is 5.10. The number of nitrogens with zero attached hydrogens (tertiary/aromatic N) is 1. The van der Waals surface area contributed by atoms with Crippen LogP contribution in [0.25, 0.3) is 0 Å². The number of likely N-dealkylation sites (tertiary alicyclic amines) is 1. The van der Waals surface area contributed by atoms with Crippen LogP contribution in [0.3, 0.4) is 0 Å². The predicted molar refractivity (Wildman–Crippen MR) is 82.7 cm³/mol. The van der Waals surface area contributed by atoms with Crippen LogP contribution in [0.15, 0.2) is 24.3 Å². The molecule has 1 atom stereocenters. The number of nitrogens with one attached hydrogen (secondary N) is 2. The minimum atomic E-state index is -0.347. The van der Waals surface area contributed by atoms with E-state index in [0.717, 1.165) is 19.6 Å². The van der Waals surface area contributed by atoms with E-state index in [4.69, 9.17) is 0 Å². The van der Waals surface area contributed by atoms with Crippen LogP contribution in [0.1, 0.15) is 20.3 Å². The lowest BCUT2D eigenvalue weighted by atomic mass is 10.1. The second-order valence-corrected chi connectivity index (χ2v) is 5.93. The van der Waals surface area contributed by atoms with Gasteiger partial charge in [0.25, 0.3) is 0 Å². The molecule has 21 heavy (non-hydrogen) atoms. The molecular formula is C16H24FN3O. The van der Waals surface area contributed by atoms with Crippen LogP contribution < -0.4 is 10.6 Å². The summed E-state index contributed by atoms with van der Waals surface area (Å²) in [6.07, 6.45) is 1.18. The lowest BCUT2D eigenvalue weighted by Crippen LogP contribution is -2.34. The Hall–Kier alpha value is -1.46. The van der Waals surface area contributed by atoms with Crippen LogP contribution in [-0.2, 0) is 4.79 Å². The molecule has 4 nitrogen and oxygen atoms in total. The van der Waals surface area contributed by atoms with Crippen molar-refractivity contribution in [2.75, 3.05) is 31.5 Å². The van der Waals surface area contributed by atoms with Crippen molar-refractivity contribution in [2.45, 2.75) is 26.3 Å². The summed E-state index contributed by atoms with van der Waals surface area (Å²) in [6.45, 7) is 7.76. The van der Waals surface area contributed by atoms with Gasteiger partial charge in [0.2, 0.25) is 5.91 Å². The van der Waals surface area contributed by atoms with Crippen LogP contribution in [0, 0.1) is 11.7 Å². The fraction of sp³-hybridized carbons (Fsp3) is 0.562. The predicted octanol–water partition coefficient (Wildman–Crippen LogP) is 2.08. The first-order chi connectivity index (χ1) is 10.0. The topological polar surface area (TPSA) is 44.4 Å². The molecule has 1 aliphatic heterocycles. The summed E-state index contributed by atoms with van der Waals surface area (Å²) in [5.74, 6) is 0.120. The number of amides is 1. The van der Waals surface area contributed by atoms with Crippen molar-refractivity contribution in [1.82, 2.24) is 10.2 Å². The molecule has 1 unspecified atom stereocenters. The third-order valence-electron chi connectivity index (χ3n) is 3.87. The Bertz CT molecular complexity index is 478. The maximum Gasteiger partial charge on any atom is 0.238 e. The molecule has 1 aliphatic rings. The molecule has 1 amide bonds. The van der Waals surface area contributed by atoms with Gasteiger partial charge in [0.1, 0.15) is 5.82 Å². The van der Waals surface area contributed by atoms with E-state index < -0.39 is 0 Å². The van der Waals surface area contributed by atoms with Crippen LogP contribution in [0.5, 0.6) is 0 Å². The van der Waals surface area contributed by atoms with Gasteiger partial charge in [-0.2, -0.15) is 0 Å². The lowest BCUT2D eigenvalue weighted by Gasteiger charge is -2.20. The van der Waals surface area contributed by atoms with Crippen molar-refractivity contribution in [3.63, 3.8) is 0 Å². The summed E-state index contributed by atoms with van der Waals surface area (Å²) >= 11 is 0. The molecule has 2 rings (SSSR count). The second-order valence-electron chi connectivity index (χ2n) is 5.93. The van der Waals surface area contributed by atoms with E-state index in [1.807, 2.05) is 0 Å². The van der Waals surface area contributed by atoms with E-state index in [1.54, 1.807) is 12.1 Å². The normalized spacial score (nSPS) is 19.1. The van der Waals surface area contributed by atoms with E-state index in [0.29, 0.717) is 17.6 Å². The summed E-state index contributed by atoms with van der Waals surface area (Å²) in [7, 11) is 0. The number of carbonyl (C=O) groups is 1. The lowest BCUT2D eigenvalue weighted by molar-refractivity contribution is -0.115. The average Bonchev–Trinajstić information content (AvgIpc) is 2.87. The third-order valence-corrected chi connectivity index (χ3v) is 3.87. The Labute approximate surface area is 125 Å². The van der Waals surface area contributed by atoms with Gasteiger partial charge in [0.15, 0.2) is 0 Å². The Balaban J connectivity index is 1.66. The average molecular weight is 293 g/mol. The molecule has 0 aromatic heterocycles. The summed E-state index contributed by atoms with van der Waals surface area (Å²) in [6, 6.07) is 6.52. The number of carbonyl (C=O) groups excluding carboxylic acids is 1. The minimum absolute atomic E-state index is 0.140. The molecule has 0 bridgehead atoms. The fourth-order valence-corrected chi connectivity index (χ4v) is 2.66. The molecule has 1 fully saturated rings. The molecule has 1 aromatic rings. The highest BCUT2D eigenvalue weighted by molar-refractivity contribution is 5.92. The van der Waals surface area contributed by atoms with Crippen molar-refractivity contribution in [2.24, 2.45) is 5.92 Å². The van der Waals surface area contributed by atoms with Crippen molar-refractivity contribution in [3.05, 3.63) is 30.1 Å². The van der Waals surface area contributed by atoms with Crippen molar-refractivity contribution in [1.29, 1.82) is 0 Å². The first-order valence-corrected chi connectivity index (χ1v) is 7.55. The Morgan fingerprint density at radius 2 is 2.29 bits per heavy atom. The number of hydrogen-bond donors (Lipinski definition) is 2. The van der Waals surface area contributed by atoms with E-state index in [1.165, 1.54) is 18.6 Å². The van der Waals surface area contributed by atoms with Gasteiger partial charge in [-0.05, 0) is 57.5 Å². The van der Waals surface area contributed by atoms with Gasteiger partial charge in [-0.1, -0.05) is 6.07 Å². The highest BCUT2D eigenvalue weighted by Gasteiger charge is 2.23. The molecule has 1 heterocycles. The number of rotatable bonds is 6. The standard InChI is InChI=1S/C16H24FN3O/c1-12(2)20-7-6-13(11-20)9-18-10-16(21)19-15-5-3-4-14(17)8-15/h3-5,8,12-13,18H,6-7,9-11H2,1-2H3,(H,19,21). The van der Waals surface area contributed by atoms with Gasteiger partial charge in [-0.15, -0.1) is 0 Å². The molecule has 0 spiro atoms. The smallest absolute Gasteiger partial charge is 0.238 e. The summed E-state index contributed by atoms with van der Waals surface area (Å²) in [4.78, 5) is 14.2. The van der Waals surface area contributed by atoms with Crippen molar-refractivity contribution >= 4 is 11.6 Å². The first-order valence-electron chi connectivity index (χ1n) is 7.55. The molecule has 2 N–H and O–H groups in total. The largest absolute Gasteiger partial charge is 0.325 e. The fourth-order valence-electron chi connectivity index (χ4n) is 2.66. The number of benzene rings is 1. The summed E-state index contributed by atoms with van der Waals surface area (Å²) in [5.41, 5.74) is 0.494. The summed E-state index contributed by atoms with van der Waals surface area (Å²) < 4.78 is 13.0. The SMILES string of the molecule is CC(C)N1CCC(CNCC(=O)Nc2cccc(F)c2)C1. The Morgan fingerprint density at radius 3 is 2.95 bits per heavy atom. The molecule has 5 heteroatoms. The zero-order valence-electron chi connectivity index (χ0n) is 12.7. The van der Waals surface area contributed by atoms with Gasteiger partial charge >= 0.3 is 0 Å². The van der Waals surface area contributed by atoms with E-state index >= 15 is 0 Å². The molecule has 1 aromatic carbocycles. The number of hydrogen-bond acceptors (Lipinski definition) is 3. The monoisotopic (exact) mass is 293 g/mol. The second kappa shape index (κ2) is 7.52. The Morgan fingerprint density at radius 1 is 1.48 bits per heavy atom. The van der Waals surface area contributed by atoms with Crippen molar-refractivity contribution < 1.29 is 9.18 Å². The van der Waals surface area contributed by atoms with Gasteiger partial charge in [0.05, 0.1) is 6.54 Å². The van der Waals surface area contributed by atoms with Gasteiger partial charge in [-0.25, -0.2) is 4.39 Å². The van der Waals surface area contributed by atoms with E-state index in [9.17, 15) is 9.18 Å². The molecule has 116 valence electrons. The van der Waals surface area contributed by atoms with Gasteiger partial charge in [-0.3, -0.25) is 4.79 Å². The minimum Gasteiger partial charge on any atom is -0.325 e. The highest BCUT2D eigenvalue weighted by Crippen LogP contribution is 2.17. The Kier molecular flexibility index (Phi) is 5.70. The zero-order chi connectivity index (χ0) is 15.2. The molecular weight excluding hydrogens is 269 g/mol. The maximum absolute atomic E-state index is 13.0. The van der Waals surface area contributed by atoms with Gasteiger partial charge < -0.3 is 15.5 Å². The zero-order valence-corrected chi connectivity index (χ0v) is 12.7. The number of halogens is 1. The summed E-state index contributed by atoms with van der Waals surface area (Å²) in [5, 5.41) is 5.87. The number of anilines is 1. The van der Waals surface area contributed by atoms with E-state index in [-0.39, 0.29) is 18.3 Å².